The molecule has 0 aromatic rings. The van der Waals surface area contributed by atoms with Crippen LogP contribution in [0, 0.1) is 47.3 Å². The van der Waals surface area contributed by atoms with E-state index in [0.717, 1.165) is 23.6 Å². The van der Waals surface area contributed by atoms with E-state index < -0.39 is 125 Å². The number of Topliss-reactive ketones (excluding diaryl/α,β-unsaturated/α-hetero) is 4. The number of nitrogens with one attached hydrogen (secondary N) is 1. The van der Waals surface area contributed by atoms with Crippen molar-refractivity contribution in [3.8, 4) is 0 Å². The van der Waals surface area contributed by atoms with Crippen LogP contribution in [0.3, 0.4) is 0 Å². The number of nitrogens with two attached hydrogens (primary N) is 7. The van der Waals surface area contributed by atoms with Gasteiger partial charge >= 0.3 is 208 Å². The van der Waals surface area contributed by atoms with Gasteiger partial charge in [-0.3, -0.25) is 109 Å². The predicted octanol–water partition coefficient (Wildman–Crippen LogP) is 5.49. The Balaban J connectivity index is -0.0000000468. The third-order valence-electron chi connectivity index (χ3n) is 15.4. The van der Waals surface area contributed by atoms with Crippen LogP contribution in [0.1, 0.15) is 243 Å². The Labute approximate surface area is 884 Å². The van der Waals surface area contributed by atoms with Crippen molar-refractivity contribution in [1.29, 1.82) is 0 Å². The molecule has 60 heteroatoms. The maximum atomic E-state index is 10.9. The third kappa shape index (κ3) is 150. The monoisotopic (exact) mass is 3340 g/mol. The summed E-state index contributed by atoms with van der Waals surface area (Å²) in [6.45, 7) is 13.9. The van der Waals surface area contributed by atoms with E-state index in [0.29, 0.717) is 73.0 Å². The summed E-state index contributed by atoms with van der Waals surface area (Å²) >= 11 is 17.1. The molecular weight excluding hydrogens is 3200 g/mol. The predicted molar refractivity (Wildman–Crippen MR) is 492 cm³/mol. The van der Waals surface area contributed by atoms with Crippen LogP contribution in [-0.2, 0) is 223 Å². The number of carboxylic acid groups (broad SMARTS) is 8. The van der Waals surface area contributed by atoms with E-state index in [9.17, 15) is 101 Å². The van der Waals surface area contributed by atoms with E-state index in [2.05, 4.69) is 117 Å². The van der Waals surface area contributed by atoms with Crippen molar-refractivity contribution in [3.05, 3.63) is 6.15 Å². The third-order valence-corrected chi connectivity index (χ3v) is 15.9. The van der Waals surface area contributed by atoms with Crippen molar-refractivity contribution in [2.24, 2.45) is 81.7 Å². The Morgan fingerprint density at radius 1 is 0.420 bits per heavy atom. The van der Waals surface area contributed by atoms with Crippen LogP contribution in [0.25, 0.3) is 6.15 Å². The largest absolute Gasteiger partial charge is 0 e. The fraction of sp³-hybridized carbons (Fsp3) is 0.704. The summed E-state index contributed by atoms with van der Waals surface area (Å²) in [6.07, 6.45) is 17.3. The van der Waals surface area contributed by atoms with Crippen LogP contribution >= 0.6 is 93.3 Å². The molecule has 0 bridgehead atoms. The van der Waals surface area contributed by atoms with Gasteiger partial charge in [-0.25, -0.2) is 11.4 Å². The van der Waals surface area contributed by atoms with Gasteiger partial charge in [-0.1, -0.05) is 61.9 Å². The van der Waals surface area contributed by atoms with E-state index in [-0.39, 0.29) is 216 Å². The Morgan fingerprint density at radius 3 is 0.786 bits per heavy atom. The summed E-state index contributed by atoms with van der Waals surface area (Å²) in [5, 5.41) is 75.7. The molecule has 2 aliphatic rings. The van der Waals surface area contributed by atoms with Crippen LogP contribution in [0.2, 0.25) is 0 Å². The van der Waals surface area contributed by atoms with Crippen molar-refractivity contribution < 1.29 is 293 Å². The van der Waals surface area contributed by atoms with Crippen molar-refractivity contribution in [2.45, 2.75) is 254 Å². The number of halogens is 5. The smallest absolute Gasteiger partial charge is 0 e. The fourth-order valence-electron chi connectivity index (χ4n) is 8.94. The summed E-state index contributed by atoms with van der Waals surface area (Å²) < 4.78 is 25.2. The average molecular weight is 3340 g/mol. The number of primary amides is 4. The molecule has 2 rings (SSSR count). The second kappa shape index (κ2) is 133. The van der Waals surface area contributed by atoms with E-state index in [1.54, 1.807) is 55.9 Å². The summed E-state index contributed by atoms with van der Waals surface area (Å²) in [6, 6.07) is 1.01. The summed E-state index contributed by atoms with van der Waals surface area (Å²) in [5.74, 6) is -19.2. The van der Waals surface area contributed by atoms with Crippen LogP contribution < -0.4 is 58.3 Å². The maximum absolute atomic E-state index is 10.9. The second-order valence-electron chi connectivity index (χ2n) is 25.1. The Hall–Kier alpha value is -3.14. The first-order chi connectivity index (χ1) is 56.4. The van der Waals surface area contributed by atoms with E-state index in [1.165, 1.54) is 97.1 Å². The number of aliphatic carboxylic acids is 8. The minimum atomic E-state index is -1.50. The first kappa shape index (κ1) is 184. The van der Waals surface area contributed by atoms with Crippen LogP contribution in [-0.4, -0.2) is 224 Å². The van der Waals surface area contributed by atoms with Crippen molar-refractivity contribution in [3.63, 3.8) is 0 Å². The van der Waals surface area contributed by atoms with E-state index in [1.807, 2.05) is 0 Å². The van der Waals surface area contributed by atoms with Gasteiger partial charge in [0.05, 0.1) is 25.0 Å². The zero-order valence-corrected chi connectivity index (χ0v) is 95.8. The van der Waals surface area contributed by atoms with Gasteiger partial charge in [0.2, 0.25) is 29.5 Å². The first-order valence-corrected chi connectivity index (χ1v) is 64.4. The number of hydrogen-bond donors (Lipinski definition) is 19. The molecule has 5 amide bonds. The number of esters is 2. The summed E-state index contributed by atoms with van der Waals surface area (Å²) in [4.78, 5) is 218. The van der Waals surface area contributed by atoms with Gasteiger partial charge in [-0.05, 0) is 156 Å². The number of carbonyl (C=O) groups excluding carboxylic acids is 13. The van der Waals surface area contributed by atoms with Crippen LogP contribution in [0.4, 0.5) is 0 Å². The number of ketones is 4. The maximum Gasteiger partial charge on any atom is 0 e. The number of carbonyl (C=O) groups is 19. The fourth-order valence-corrected chi connectivity index (χ4v) is 9.22. The van der Waals surface area contributed by atoms with Crippen LogP contribution in [0.15, 0.2) is 0 Å². The number of ether oxygens (including phenoxy) is 2. The molecule has 0 heterocycles. The summed E-state index contributed by atoms with van der Waals surface area (Å²) in [5.41, 5.74) is 32.3. The molecule has 808 valence electrons. The molecule has 2 fully saturated rings. The second-order valence-corrected chi connectivity index (χ2v) is 59.1. The van der Waals surface area contributed by atoms with Crippen molar-refractivity contribution in [2.75, 3.05) is 18.5 Å². The molecule has 0 aromatic carbocycles. The zero-order chi connectivity index (χ0) is 97.3. The molecule has 49 nitrogen and oxygen atoms in total. The molecule has 131 heavy (non-hydrogen) atoms. The number of rotatable bonds is 43. The molecule has 0 saturated heterocycles. The molecule has 0 aromatic heterocycles. The quantitative estimate of drug-likeness (QED) is 0.00524. The minimum Gasteiger partial charge on any atom is 0 e. The van der Waals surface area contributed by atoms with Gasteiger partial charge < -0.3 is 141 Å². The topological polar surface area (TPSA) is 1030 Å². The molecule has 2 aliphatic carbocycles. The summed E-state index contributed by atoms with van der Waals surface area (Å²) in [7, 11) is 0. The molecule has 2 saturated carbocycles. The van der Waals surface area contributed by atoms with Gasteiger partial charge in [-0.15, -0.1) is 0 Å². The number of hydroxylamine groups is 1. The van der Waals surface area contributed by atoms with E-state index in [4.69, 9.17) is 87.0 Å². The molecule has 0 spiro atoms. The van der Waals surface area contributed by atoms with Crippen LogP contribution in [0.5, 0.6) is 0 Å². The number of carboxylic acids is 8. The SMILES string of the molecule is CC(=O)C(CCCC(=O)O)C(C)=O.CC(=O)C(CCCC(N)=O)C(C)=O.CCOC(=O)CC(=O)OCC.C[C@@H]1CCCC[C@H]1N.C[C@@H]1CCCC[C@H]1N.N.N.N.NC(=O)CCCC(C(=O)O)C(=O)O.NC(=O)CCCC(C(=O)O)C(=O)O.NC(=O)CCCC([C-]=O)[C-]=O.O.O.O.O.O=C(CCCC(C(=O)O)C(=O)O)NO.O=C(O)CCCBr.[HH].[I][Pt][I].[I][Pt][I].[NH2-].[O]=[Ag].[O]=[Ag].[Pt].[Pt]. The number of hydrogen-bond acceptors (Lipinski definition) is 31. The first-order valence-electron chi connectivity index (χ1n) is 36.3. The van der Waals surface area contributed by atoms with Gasteiger partial charge in [0.25, 0.3) is 0 Å². The van der Waals surface area contributed by atoms with Crippen molar-refractivity contribution in [1.82, 2.24) is 23.9 Å². The molecule has 0 unspecified atom stereocenters. The number of alkyl halides is 1. The van der Waals surface area contributed by atoms with E-state index >= 15 is 0 Å². The van der Waals surface area contributed by atoms with Crippen molar-refractivity contribution >= 4 is 218 Å². The standard InChI is InChI=1S/C9H15NO3.C9H14O4.C7H11NO6.2C7H11NO5.C7H9NO3.2C7H15N.C7H12O4.C4H7BrO2.2Ag.4HI.3H3N.H2N.4H2O.2O.4Pt.H2/c1-6(11)8(7(2)12)4-3-5-9(10)13;1-6(10)8(7(2)11)4-3-5-9(12)13;9-5(8-14)3-1-2-4(6(10)11)7(12)13;2*8-5(9)3-1-2-4(6(10)11)7(12)13;8-7(11)3-1-2-6(4-9)5-10;2*1-6-4-2-3-5-7(6)8;1-3-10-6(8)5-7(9)11-4-2;5-3-1-2-4(6)7;;;;;;;;;;;;;;;;;;;;;/h8H,3-5H2,1-2H3,(H2,10,13);8H,3-5H2,1-2H3,(H,12,13);4,14H,1-3H2,(H,8,9)(H,10,11)(H,12,13);2*4H,1-3H2,(H2,8,9)(H,10,11)(H,12,13);6H,1-3H2,(H2,8,11);2*6-7H,2-5,8H2,1H3;3-5H2,1-2H3;1-3H2,(H,6,7);;;4*1H;3*1H3;5*1H2;;;;;;;1H/q;;;;;-2;;;;;;;;;;;;;;-1;;;;;;;;;2*+2;/p-4/t;;;;;;2*6-,7-;;;;;;;;;;;;;;;;;;;;;;;/m......11......................./s1. The Morgan fingerprint density at radius 2 is 0.626 bits per heavy atom. The molecular formula is C71H141Ag2BrI4N11O38Pt4-3. The normalized spacial score (nSPS) is 12.3. The van der Waals surface area contributed by atoms with Gasteiger partial charge in [0.15, 0.2) is 17.8 Å². The molecule has 0 aliphatic heterocycles. The molecule has 0 radical (unpaired) electrons. The Bertz CT molecular complexity index is 2690. The van der Waals surface area contributed by atoms with Gasteiger partial charge in [-0.2, -0.15) is 0 Å². The minimum absolute atomic E-state index is 0. The number of amides is 5. The van der Waals surface area contributed by atoms with Gasteiger partial charge in [0, 0.05) is 106 Å². The average Bonchev–Trinajstić information content (AvgIpc) is 0.949. The zero-order valence-electron chi connectivity index (χ0n) is 73.6. The molecule has 4 atom stereocenters. The Kier molecular flexibility index (Phi) is 187. The molecule has 41 N–H and O–H groups in total. The van der Waals surface area contributed by atoms with Gasteiger partial charge in [0.1, 0.15) is 29.6 Å².